The molecule has 1 atom stereocenters. The molecule has 0 aliphatic carbocycles. The summed E-state index contributed by atoms with van der Waals surface area (Å²) in [5, 5.41) is 17.5. The zero-order valence-corrected chi connectivity index (χ0v) is 13.5. The van der Waals surface area contributed by atoms with E-state index in [9.17, 15) is 13.2 Å². The fourth-order valence-electron chi connectivity index (χ4n) is 2.42. The number of hydrogen-bond acceptors (Lipinski definition) is 6. The normalized spacial score (nSPS) is 20.7. The lowest BCUT2D eigenvalue weighted by Crippen LogP contribution is -2.16. The molecule has 7 nitrogen and oxygen atoms in total. The zero-order chi connectivity index (χ0) is 15.5. The van der Waals surface area contributed by atoms with E-state index < -0.39 is 15.8 Å². The third-order valence-corrected chi connectivity index (χ3v) is 6.15. The highest BCUT2D eigenvalue weighted by atomic mass is 32.2. The van der Waals surface area contributed by atoms with E-state index in [-0.39, 0.29) is 23.2 Å². The highest BCUT2D eigenvalue weighted by molar-refractivity contribution is 7.99. The molecule has 21 heavy (non-hydrogen) atoms. The van der Waals surface area contributed by atoms with Gasteiger partial charge in [0.15, 0.2) is 15.0 Å². The van der Waals surface area contributed by atoms with Gasteiger partial charge in [0.25, 0.3) is 0 Å². The third kappa shape index (κ3) is 4.44. The molecule has 2 heterocycles. The number of sulfone groups is 1. The Bertz CT molecular complexity index is 612. The van der Waals surface area contributed by atoms with Gasteiger partial charge < -0.3 is 9.67 Å². The summed E-state index contributed by atoms with van der Waals surface area (Å²) in [6, 6.07) is 0. The lowest BCUT2D eigenvalue weighted by Gasteiger charge is -2.13. The molecule has 0 aromatic carbocycles. The van der Waals surface area contributed by atoms with Gasteiger partial charge in [0.05, 0.1) is 17.3 Å². The summed E-state index contributed by atoms with van der Waals surface area (Å²) in [5.74, 6) is 0.309. The average Bonchev–Trinajstić information content (AvgIpc) is 2.92. The average molecular weight is 333 g/mol. The van der Waals surface area contributed by atoms with Crippen molar-refractivity contribution in [3.63, 3.8) is 0 Å². The first-order valence-corrected chi connectivity index (χ1v) is 9.69. The minimum atomic E-state index is -2.92. The van der Waals surface area contributed by atoms with Crippen LogP contribution in [0.5, 0.6) is 0 Å². The summed E-state index contributed by atoms with van der Waals surface area (Å²) in [4.78, 5) is 10.7. The number of aryl methyl sites for hydroxylation is 1. The second-order valence-corrected chi connectivity index (χ2v) is 8.38. The first kappa shape index (κ1) is 16.3. The standard InChI is InChI=1S/C12H19N3O4S2/c1-2-3-10-13-14-12(20-7-11(16)17)15(10)6-9-4-5-21(18,19)8-9/h9H,2-8H2,1H3,(H,16,17). The Morgan fingerprint density at radius 1 is 1.48 bits per heavy atom. The van der Waals surface area contributed by atoms with Crippen LogP contribution in [0.4, 0.5) is 0 Å². The number of hydrogen-bond donors (Lipinski definition) is 1. The smallest absolute Gasteiger partial charge is 0.313 e. The molecule has 118 valence electrons. The van der Waals surface area contributed by atoms with Crippen molar-refractivity contribution in [3.05, 3.63) is 5.82 Å². The molecular weight excluding hydrogens is 314 g/mol. The molecule has 0 bridgehead atoms. The number of carboxylic acid groups (broad SMARTS) is 1. The SMILES string of the molecule is CCCc1nnc(SCC(=O)O)n1CC1CCS(=O)(=O)C1. The van der Waals surface area contributed by atoms with Crippen LogP contribution in [-0.4, -0.2) is 51.5 Å². The first-order valence-electron chi connectivity index (χ1n) is 6.88. The molecule has 0 saturated carbocycles. The van der Waals surface area contributed by atoms with Gasteiger partial charge in [-0.05, 0) is 18.8 Å². The Kier molecular flexibility index (Phi) is 5.26. The number of rotatable bonds is 7. The maximum Gasteiger partial charge on any atom is 0.313 e. The van der Waals surface area contributed by atoms with E-state index in [0.717, 1.165) is 30.4 Å². The van der Waals surface area contributed by atoms with Crippen LogP contribution in [0.25, 0.3) is 0 Å². The maximum absolute atomic E-state index is 11.6. The van der Waals surface area contributed by atoms with Crippen LogP contribution in [0, 0.1) is 5.92 Å². The number of carboxylic acids is 1. The Labute approximate surface area is 128 Å². The number of carbonyl (C=O) groups is 1. The van der Waals surface area contributed by atoms with Crippen LogP contribution in [0.3, 0.4) is 0 Å². The Hall–Kier alpha value is -1.09. The lowest BCUT2D eigenvalue weighted by molar-refractivity contribution is -0.133. The number of nitrogens with zero attached hydrogens (tertiary/aromatic N) is 3. The number of aliphatic carboxylic acids is 1. The molecule has 1 aliphatic heterocycles. The van der Waals surface area contributed by atoms with E-state index in [2.05, 4.69) is 10.2 Å². The van der Waals surface area contributed by atoms with E-state index >= 15 is 0 Å². The number of thioether (sulfide) groups is 1. The maximum atomic E-state index is 11.6. The van der Waals surface area contributed by atoms with Gasteiger partial charge in [0.1, 0.15) is 5.82 Å². The predicted molar refractivity (Wildman–Crippen MR) is 79.1 cm³/mol. The van der Waals surface area contributed by atoms with Crippen molar-refractivity contribution < 1.29 is 18.3 Å². The van der Waals surface area contributed by atoms with Crippen molar-refractivity contribution in [2.24, 2.45) is 5.92 Å². The minimum absolute atomic E-state index is 0.0609. The molecule has 2 rings (SSSR count). The van der Waals surface area contributed by atoms with Gasteiger partial charge in [-0.3, -0.25) is 4.79 Å². The van der Waals surface area contributed by atoms with Gasteiger partial charge in [-0.15, -0.1) is 10.2 Å². The second-order valence-electron chi connectivity index (χ2n) is 5.21. The topological polar surface area (TPSA) is 102 Å². The quantitative estimate of drug-likeness (QED) is 0.738. The highest BCUT2D eigenvalue weighted by Crippen LogP contribution is 2.24. The molecule has 1 aliphatic rings. The zero-order valence-electron chi connectivity index (χ0n) is 11.9. The molecule has 1 unspecified atom stereocenters. The third-order valence-electron chi connectivity index (χ3n) is 3.36. The van der Waals surface area contributed by atoms with Gasteiger partial charge in [-0.1, -0.05) is 18.7 Å². The largest absolute Gasteiger partial charge is 0.481 e. The van der Waals surface area contributed by atoms with Crippen LogP contribution < -0.4 is 0 Å². The van der Waals surface area contributed by atoms with Crippen molar-refractivity contribution in [1.29, 1.82) is 0 Å². The summed E-state index contributed by atoms with van der Waals surface area (Å²) in [6.07, 6.45) is 2.31. The van der Waals surface area contributed by atoms with Crippen molar-refractivity contribution in [2.75, 3.05) is 17.3 Å². The highest BCUT2D eigenvalue weighted by Gasteiger charge is 2.29. The first-order chi connectivity index (χ1) is 9.91. The van der Waals surface area contributed by atoms with Crippen LogP contribution in [-0.2, 0) is 27.6 Å². The van der Waals surface area contributed by atoms with E-state index in [1.807, 2.05) is 11.5 Å². The molecule has 1 saturated heterocycles. The lowest BCUT2D eigenvalue weighted by atomic mass is 10.1. The molecule has 0 spiro atoms. The van der Waals surface area contributed by atoms with E-state index in [4.69, 9.17) is 5.11 Å². The molecule has 0 amide bonds. The summed E-state index contributed by atoms with van der Waals surface area (Å²) in [5.41, 5.74) is 0. The van der Waals surface area contributed by atoms with Crippen LogP contribution in [0.1, 0.15) is 25.6 Å². The van der Waals surface area contributed by atoms with Crippen molar-refractivity contribution >= 4 is 27.6 Å². The number of aromatic nitrogens is 3. The molecule has 1 aromatic heterocycles. The molecule has 9 heteroatoms. The molecule has 1 aromatic rings. The van der Waals surface area contributed by atoms with Gasteiger partial charge in [0, 0.05) is 13.0 Å². The van der Waals surface area contributed by atoms with E-state index in [0.29, 0.717) is 18.1 Å². The molecule has 0 radical (unpaired) electrons. The summed E-state index contributed by atoms with van der Waals surface area (Å²) in [7, 11) is -2.92. The molecular formula is C12H19N3O4S2. The van der Waals surface area contributed by atoms with Gasteiger partial charge in [-0.2, -0.15) is 0 Å². The van der Waals surface area contributed by atoms with E-state index in [1.165, 1.54) is 0 Å². The summed E-state index contributed by atoms with van der Waals surface area (Å²) in [6.45, 7) is 2.58. The Balaban J connectivity index is 2.14. The van der Waals surface area contributed by atoms with Crippen molar-refractivity contribution in [3.8, 4) is 0 Å². The van der Waals surface area contributed by atoms with Crippen molar-refractivity contribution in [2.45, 2.75) is 37.9 Å². The molecule has 1 N–H and O–H groups in total. The Morgan fingerprint density at radius 3 is 2.81 bits per heavy atom. The van der Waals surface area contributed by atoms with Gasteiger partial charge in [-0.25, -0.2) is 8.42 Å². The van der Waals surface area contributed by atoms with Gasteiger partial charge in [0.2, 0.25) is 0 Å². The predicted octanol–water partition coefficient (Wildman–Crippen LogP) is 0.842. The summed E-state index contributed by atoms with van der Waals surface area (Å²) < 4.78 is 25.0. The van der Waals surface area contributed by atoms with E-state index in [1.54, 1.807) is 0 Å². The monoisotopic (exact) mass is 333 g/mol. The van der Waals surface area contributed by atoms with Crippen LogP contribution >= 0.6 is 11.8 Å². The molecule has 1 fully saturated rings. The van der Waals surface area contributed by atoms with Crippen LogP contribution in [0.2, 0.25) is 0 Å². The fourth-order valence-corrected chi connectivity index (χ4v) is 4.95. The fraction of sp³-hybridized carbons (Fsp3) is 0.750. The van der Waals surface area contributed by atoms with Gasteiger partial charge >= 0.3 is 5.97 Å². The van der Waals surface area contributed by atoms with Crippen molar-refractivity contribution in [1.82, 2.24) is 14.8 Å². The Morgan fingerprint density at radius 2 is 2.24 bits per heavy atom. The second kappa shape index (κ2) is 6.78. The van der Waals surface area contributed by atoms with Crippen LogP contribution in [0.15, 0.2) is 5.16 Å². The summed E-state index contributed by atoms with van der Waals surface area (Å²) >= 11 is 1.13. The minimum Gasteiger partial charge on any atom is -0.481 e.